The number of hydrogen-bond donors (Lipinski definition) is 2. The third kappa shape index (κ3) is 13.2. The van der Waals surface area contributed by atoms with Crippen molar-refractivity contribution in [3.05, 3.63) is 0 Å². The number of primary amides is 1. The molecule has 2 amide bonds. The fourth-order valence-corrected chi connectivity index (χ4v) is 1.78. The van der Waals surface area contributed by atoms with Crippen LogP contribution >= 0.6 is 0 Å². The van der Waals surface area contributed by atoms with Crippen LogP contribution in [0, 0.1) is 5.92 Å². The molecule has 8 nitrogen and oxygen atoms in total. The summed E-state index contributed by atoms with van der Waals surface area (Å²) in [6.07, 6.45) is 0.178. The van der Waals surface area contributed by atoms with E-state index in [4.69, 9.17) is 24.7 Å². The molecular formula is C16H32N2O6. The van der Waals surface area contributed by atoms with Gasteiger partial charge in [0.15, 0.2) is 0 Å². The van der Waals surface area contributed by atoms with E-state index in [-0.39, 0.29) is 24.9 Å². The molecule has 0 bridgehead atoms. The summed E-state index contributed by atoms with van der Waals surface area (Å²) in [5, 5.41) is 2.60. The van der Waals surface area contributed by atoms with Crippen LogP contribution in [0.4, 0.5) is 0 Å². The monoisotopic (exact) mass is 348 g/mol. The molecule has 24 heavy (non-hydrogen) atoms. The summed E-state index contributed by atoms with van der Waals surface area (Å²) in [6.45, 7) is 9.53. The van der Waals surface area contributed by atoms with Gasteiger partial charge in [0, 0.05) is 13.0 Å². The predicted molar refractivity (Wildman–Crippen MR) is 89.5 cm³/mol. The second-order valence-electron chi connectivity index (χ2n) is 5.48. The molecule has 1 atom stereocenters. The molecule has 0 aliphatic carbocycles. The molecule has 3 N–H and O–H groups in total. The molecule has 0 saturated carbocycles. The van der Waals surface area contributed by atoms with Crippen molar-refractivity contribution in [2.24, 2.45) is 11.7 Å². The van der Waals surface area contributed by atoms with Gasteiger partial charge in [0.1, 0.15) is 6.04 Å². The molecule has 0 aromatic carbocycles. The van der Waals surface area contributed by atoms with E-state index in [2.05, 4.69) is 5.32 Å². The summed E-state index contributed by atoms with van der Waals surface area (Å²) in [4.78, 5) is 22.9. The van der Waals surface area contributed by atoms with E-state index in [0.717, 1.165) is 0 Å². The smallest absolute Gasteiger partial charge is 0.240 e. The van der Waals surface area contributed by atoms with E-state index in [9.17, 15) is 9.59 Å². The zero-order valence-corrected chi connectivity index (χ0v) is 15.0. The number of nitrogens with one attached hydrogen (secondary N) is 1. The molecule has 0 aromatic rings. The summed E-state index contributed by atoms with van der Waals surface area (Å²) < 4.78 is 21.0. The molecule has 8 heteroatoms. The molecule has 0 fully saturated rings. The molecule has 0 saturated heterocycles. The number of ether oxygens (including phenoxy) is 4. The van der Waals surface area contributed by atoms with Gasteiger partial charge in [0.05, 0.1) is 46.2 Å². The van der Waals surface area contributed by atoms with Crippen molar-refractivity contribution >= 4 is 11.8 Å². The lowest BCUT2D eigenvalue weighted by molar-refractivity contribution is -0.129. The maximum Gasteiger partial charge on any atom is 0.240 e. The zero-order valence-electron chi connectivity index (χ0n) is 15.0. The lowest BCUT2D eigenvalue weighted by atomic mass is 10.0. The van der Waals surface area contributed by atoms with Crippen molar-refractivity contribution in [3.63, 3.8) is 0 Å². The number of nitrogens with two attached hydrogens (primary N) is 1. The third-order valence-corrected chi connectivity index (χ3v) is 3.08. The summed E-state index contributed by atoms with van der Waals surface area (Å²) in [5.41, 5.74) is 5.24. The van der Waals surface area contributed by atoms with Crippen molar-refractivity contribution < 1.29 is 28.5 Å². The predicted octanol–water partition coefficient (Wildman–Crippen LogP) is 0.0889. The van der Waals surface area contributed by atoms with E-state index < -0.39 is 11.9 Å². The van der Waals surface area contributed by atoms with Crippen LogP contribution in [0.5, 0.6) is 0 Å². The zero-order chi connectivity index (χ0) is 18.2. The van der Waals surface area contributed by atoms with Gasteiger partial charge < -0.3 is 30.0 Å². The Morgan fingerprint density at radius 2 is 1.33 bits per heavy atom. The summed E-state index contributed by atoms with van der Waals surface area (Å²) in [7, 11) is 0. The highest BCUT2D eigenvalue weighted by atomic mass is 16.6. The Labute approximate surface area is 144 Å². The average Bonchev–Trinajstić information content (AvgIpc) is 2.53. The largest absolute Gasteiger partial charge is 0.379 e. The van der Waals surface area contributed by atoms with E-state index in [1.54, 1.807) is 0 Å². The molecule has 0 rings (SSSR count). The first-order valence-corrected chi connectivity index (χ1v) is 8.38. The Kier molecular flexibility index (Phi) is 14.5. The van der Waals surface area contributed by atoms with E-state index >= 15 is 0 Å². The van der Waals surface area contributed by atoms with Crippen molar-refractivity contribution in [2.45, 2.75) is 33.2 Å². The first-order chi connectivity index (χ1) is 11.5. The third-order valence-electron chi connectivity index (χ3n) is 3.08. The fourth-order valence-electron chi connectivity index (χ4n) is 1.78. The number of carbonyl (C=O) groups excluding carboxylic acids is 2. The molecule has 0 aromatic heterocycles. The number of rotatable bonds is 16. The molecular weight excluding hydrogens is 316 g/mol. The summed E-state index contributed by atoms with van der Waals surface area (Å²) in [6, 6.07) is -0.649. The Hall–Kier alpha value is -1.22. The van der Waals surface area contributed by atoms with Crippen molar-refractivity contribution in [1.82, 2.24) is 5.32 Å². The minimum Gasteiger partial charge on any atom is -0.379 e. The maximum atomic E-state index is 11.7. The topological polar surface area (TPSA) is 109 Å². The Bertz CT molecular complexity index is 339. The Morgan fingerprint density at radius 1 is 0.875 bits per heavy atom. The van der Waals surface area contributed by atoms with Crippen LogP contribution in [0.1, 0.15) is 27.2 Å². The maximum absolute atomic E-state index is 11.7. The van der Waals surface area contributed by atoms with Gasteiger partial charge in [-0.3, -0.25) is 9.59 Å². The molecule has 1 unspecified atom stereocenters. The minimum absolute atomic E-state index is 0.0449. The van der Waals surface area contributed by atoms with Crippen LogP contribution in [0.25, 0.3) is 0 Å². The molecule has 0 aliphatic rings. The summed E-state index contributed by atoms with van der Waals surface area (Å²) >= 11 is 0. The Morgan fingerprint density at radius 3 is 1.75 bits per heavy atom. The molecule has 0 radical (unpaired) electrons. The molecule has 0 aliphatic heterocycles. The van der Waals surface area contributed by atoms with Gasteiger partial charge in [-0.2, -0.15) is 0 Å². The minimum atomic E-state index is -0.649. The number of hydrogen-bond acceptors (Lipinski definition) is 6. The van der Waals surface area contributed by atoms with Gasteiger partial charge in [-0.15, -0.1) is 0 Å². The van der Waals surface area contributed by atoms with Crippen LogP contribution in [0.2, 0.25) is 0 Å². The lowest BCUT2D eigenvalue weighted by Gasteiger charge is -2.18. The van der Waals surface area contributed by atoms with Crippen LogP contribution in [-0.2, 0) is 28.5 Å². The normalized spacial score (nSPS) is 12.3. The van der Waals surface area contributed by atoms with E-state index in [1.807, 2.05) is 20.8 Å². The molecule has 0 spiro atoms. The quantitative estimate of drug-likeness (QED) is 0.383. The van der Waals surface area contributed by atoms with Gasteiger partial charge >= 0.3 is 0 Å². The highest BCUT2D eigenvalue weighted by Crippen LogP contribution is 2.01. The second-order valence-corrected chi connectivity index (χ2v) is 5.48. The van der Waals surface area contributed by atoms with E-state index in [1.165, 1.54) is 0 Å². The average molecular weight is 348 g/mol. The number of carbonyl (C=O) groups is 2. The molecule has 142 valence electrons. The van der Waals surface area contributed by atoms with Crippen molar-refractivity contribution in [1.29, 1.82) is 0 Å². The van der Waals surface area contributed by atoms with Crippen LogP contribution in [-0.4, -0.2) is 70.7 Å². The molecule has 0 heterocycles. The first-order valence-electron chi connectivity index (χ1n) is 8.38. The fraction of sp³-hybridized carbons (Fsp3) is 0.875. The second kappa shape index (κ2) is 15.3. The van der Waals surface area contributed by atoms with Gasteiger partial charge in [-0.25, -0.2) is 0 Å². The van der Waals surface area contributed by atoms with Crippen LogP contribution < -0.4 is 11.1 Å². The first kappa shape index (κ1) is 22.8. The van der Waals surface area contributed by atoms with Crippen molar-refractivity contribution in [2.75, 3.05) is 52.9 Å². The SMILES string of the molecule is CCOCCOCCOCCOCCC(=O)NC(C(N)=O)C(C)C. The number of amides is 2. The van der Waals surface area contributed by atoms with Gasteiger partial charge in [-0.1, -0.05) is 13.8 Å². The van der Waals surface area contributed by atoms with Crippen LogP contribution in [0.15, 0.2) is 0 Å². The highest BCUT2D eigenvalue weighted by Gasteiger charge is 2.21. The van der Waals surface area contributed by atoms with Gasteiger partial charge in [0.25, 0.3) is 0 Å². The van der Waals surface area contributed by atoms with Gasteiger partial charge in [-0.05, 0) is 12.8 Å². The van der Waals surface area contributed by atoms with Crippen molar-refractivity contribution in [3.8, 4) is 0 Å². The van der Waals surface area contributed by atoms with Gasteiger partial charge in [0.2, 0.25) is 11.8 Å². The highest BCUT2D eigenvalue weighted by molar-refractivity contribution is 5.86. The van der Waals surface area contributed by atoms with Crippen LogP contribution in [0.3, 0.4) is 0 Å². The Balaban J connectivity index is 3.43. The standard InChI is InChI=1S/C16H32N2O6/c1-4-21-7-8-23-11-12-24-10-9-22-6-5-14(19)18-15(13(2)3)16(17)20/h13,15H,4-12H2,1-3H3,(H2,17,20)(H,18,19). The van der Waals surface area contributed by atoms with E-state index in [0.29, 0.717) is 46.2 Å². The summed E-state index contributed by atoms with van der Waals surface area (Å²) in [5.74, 6) is -0.830. The lowest BCUT2D eigenvalue weighted by Crippen LogP contribution is -2.47.